The lowest BCUT2D eigenvalue weighted by Crippen LogP contribution is -2.40. The quantitative estimate of drug-likeness (QED) is 0.187. The molecule has 84 valence electrons. The van der Waals surface area contributed by atoms with E-state index < -0.39 is 6.10 Å². The molecule has 0 aromatic carbocycles. The molecule has 6 nitrogen and oxygen atoms in total. The molecule has 0 bridgehead atoms. The summed E-state index contributed by atoms with van der Waals surface area (Å²) in [7, 11) is 1.54. The van der Waals surface area contributed by atoms with E-state index in [9.17, 15) is 5.11 Å². The molecule has 0 aromatic rings. The van der Waals surface area contributed by atoms with Crippen LogP contribution >= 0.6 is 0 Å². The first kappa shape index (κ1) is 13.2. The highest BCUT2D eigenvalue weighted by atomic mass is 16.5. The van der Waals surface area contributed by atoms with Crippen molar-refractivity contribution in [3.05, 3.63) is 0 Å². The minimum atomic E-state index is -0.480. The van der Waals surface area contributed by atoms with Gasteiger partial charge in [-0.1, -0.05) is 5.16 Å². The van der Waals surface area contributed by atoms with Gasteiger partial charge in [0.05, 0.1) is 18.8 Å². The zero-order chi connectivity index (χ0) is 11.0. The molecule has 0 aliphatic carbocycles. The Hall–Kier alpha value is -0.850. The van der Waals surface area contributed by atoms with Gasteiger partial charge in [-0.25, -0.2) is 0 Å². The summed E-state index contributed by atoms with van der Waals surface area (Å²) in [6, 6.07) is -0.199. The number of hydrogen-bond donors (Lipinski definition) is 4. The zero-order valence-corrected chi connectivity index (χ0v) is 8.60. The summed E-state index contributed by atoms with van der Waals surface area (Å²) < 4.78 is 4.76. The van der Waals surface area contributed by atoms with Gasteiger partial charge in [-0.05, 0) is 19.9 Å². The number of aliphatic hydroxyl groups is 1. The van der Waals surface area contributed by atoms with Crippen LogP contribution in [0.4, 0.5) is 0 Å². The highest BCUT2D eigenvalue weighted by molar-refractivity contribution is 5.84. The van der Waals surface area contributed by atoms with E-state index in [4.69, 9.17) is 15.7 Å². The molecular weight excluding hydrogens is 186 g/mol. The van der Waals surface area contributed by atoms with E-state index in [1.807, 2.05) is 0 Å². The van der Waals surface area contributed by atoms with Crippen molar-refractivity contribution >= 4 is 5.84 Å². The van der Waals surface area contributed by atoms with Crippen LogP contribution in [0.15, 0.2) is 5.16 Å². The van der Waals surface area contributed by atoms with Crippen LogP contribution in [0.3, 0.4) is 0 Å². The van der Waals surface area contributed by atoms with Crippen LogP contribution in [-0.2, 0) is 4.74 Å². The van der Waals surface area contributed by atoms with Gasteiger partial charge in [0.2, 0.25) is 0 Å². The number of methoxy groups -OCH3 is 1. The lowest BCUT2D eigenvalue weighted by atomic mass is 10.2. The van der Waals surface area contributed by atoms with Crippen LogP contribution in [0.2, 0.25) is 0 Å². The maximum absolute atomic E-state index is 9.28. The van der Waals surface area contributed by atoms with Crippen LogP contribution in [0.1, 0.15) is 13.3 Å². The maximum atomic E-state index is 9.28. The second-order valence-corrected chi connectivity index (χ2v) is 3.10. The van der Waals surface area contributed by atoms with Gasteiger partial charge < -0.3 is 26.1 Å². The molecule has 0 saturated carbocycles. The third-order valence-electron chi connectivity index (χ3n) is 1.85. The van der Waals surface area contributed by atoms with Crippen LogP contribution in [-0.4, -0.2) is 48.6 Å². The van der Waals surface area contributed by atoms with Gasteiger partial charge in [-0.15, -0.1) is 0 Å². The van der Waals surface area contributed by atoms with Gasteiger partial charge >= 0.3 is 0 Å². The molecule has 5 N–H and O–H groups in total. The zero-order valence-electron chi connectivity index (χ0n) is 8.60. The first-order valence-corrected chi connectivity index (χ1v) is 4.49. The van der Waals surface area contributed by atoms with Gasteiger partial charge in [0.1, 0.15) is 0 Å². The number of amidine groups is 1. The molecule has 0 saturated heterocycles. The van der Waals surface area contributed by atoms with Gasteiger partial charge in [0.25, 0.3) is 0 Å². The van der Waals surface area contributed by atoms with E-state index in [0.717, 1.165) is 0 Å². The summed E-state index contributed by atoms with van der Waals surface area (Å²) in [6.07, 6.45) is 0.0867. The van der Waals surface area contributed by atoms with E-state index >= 15 is 0 Å². The Morgan fingerprint density at radius 2 is 2.29 bits per heavy atom. The van der Waals surface area contributed by atoms with Crippen molar-refractivity contribution < 1.29 is 15.1 Å². The number of hydrogen-bond acceptors (Lipinski definition) is 5. The Bertz CT molecular complexity index is 175. The van der Waals surface area contributed by atoms with Gasteiger partial charge in [-0.2, -0.15) is 0 Å². The SMILES string of the molecule is COCC(O)CCNC(C)C(N)=NO. The van der Waals surface area contributed by atoms with Crippen LogP contribution in [0, 0.1) is 0 Å². The van der Waals surface area contributed by atoms with E-state index in [1.165, 1.54) is 7.11 Å². The lowest BCUT2D eigenvalue weighted by molar-refractivity contribution is 0.0593. The molecule has 2 unspecified atom stereocenters. The van der Waals surface area contributed by atoms with E-state index in [0.29, 0.717) is 19.6 Å². The molecule has 6 heteroatoms. The molecule has 0 radical (unpaired) electrons. The highest BCUT2D eigenvalue weighted by Crippen LogP contribution is 1.91. The van der Waals surface area contributed by atoms with E-state index in [-0.39, 0.29) is 11.9 Å². The topological polar surface area (TPSA) is 100 Å². The third kappa shape index (κ3) is 5.74. The molecule has 2 atom stereocenters. The molecule has 0 amide bonds. The smallest absolute Gasteiger partial charge is 0.156 e. The Balaban J connectivity index is 3.53. The molecule has 0 aliphatic heterocycles. The molecule has 14 heavy (non-hydrogen) atoms. The second kappa shape index (κ2) is 7.54. The van der Waals surface area contributed by atoms with Crippen molar-refractivity contribution in [2.75, 3.05) is 20.3 Å². The Labute approximate surface area is 83.7 Å². The molecule has 0 fully saturated rings. The van der Waals surface area contributed by atoms with E-state index in [1.54, 1.807) is 6.92 Å². The highest BCUT2D eigenvalue weighted by Gasteiger charge is 2.08. The van der Waals surface area contributed by atoms with Crippen LogP contribution < -0.4 is 11.1 Å². The Morgan fingerprint density at radius 3 is 2.79 bits per heavy atom. The normalized spacial score (nSPS) is 16.6. The van der Waals surface area contributed by atoms with E-state index in [2.05, 4.69) is 10.5 Å². The van der Waals surface area contributed by atoms with Crippen molar-refractivity contribution in [3.8, 4) is 0 Å². The van der Waals surface area contributed by atoms with Crippen molar-refractivity contribution in [1.82, 2.24) is 5.32 Å². The minimum absolute atomic E-state index is 0.131. The molecule has 0 spiro atoms. The molecule has 0 heterocycles. The van der Waals surface area contributed by atoms with Crippen molar-refractivity contribution in [1.29, 1.82) is 0 Å². The fourth-order valence-electron chi connectivity index (χ4n) is 0.933. The fourth-order valence-corrected chi connectivity index (χ4v) is 0.933. The van der Waals surface area contributed by atoms with Crippen molar-refractivity contribution in [3.63, 3.8) is 0 Å². The second-order valence-electron chi connectivity index (χ2n) is 3.10. The predicted octanol–water partition coefficient (Wildman–Crippen LogP) is -0.892. The average Bonchev–Trinajstić information content (AvgIpc) is 2.16. The first-order chi connectivity index (χ1) is 6.61. The number of oxime groups is 1. The Kier molecular flexibility index (Phi) is 7.09. The summed E-state index contributed by atoms with van der Waals surface area (Å²) in [5.74, 6) is 0.131. The Morgan fingerprint density at radius 1 is 1.64 bits per heavy atom. The fraction of sp³-hybridized carbons (Fsp3) is 0.875. The number of ether oxygens (including phenoxy) is 1. The number of rotatable bonds is 7. The van der Waals surface area contributed by atoms with Gasteiger partial charge in [0.15, 0.2) is 5.84 Å². The molecule has 0 rings (SSSR count). The number of nitrogens with one attached hydrogen (secondary N) is 1. The lowest BCUT2D eigenvalue weighted by Gasteiger charge is -2.14. The third-order valence-corrected chi connectivity index (χ3v) is 1.85. The minimum Gasteiger partial charge on any atom is -0.409 e. The monoisotopic (exact) mass is 205 g/mol. The largest absolute Gasteiger partial charge is 0.409 e. The molecule has 0 aliphatic rings. The number of nitrogens with two attached hydrogens (primary N) is 1. The summed E-state index contributed by atoms with van der Waals surface area (Å²) in [5.41, 5.74) is 5.34. The van der Waals surface area contributed by atoms with Crippen LogP contribution in [0.5, 0.6) is 0 Å². The summed E-state index contributed by atoms with van der Waals surface area (Å²) in [4.78, 5) is 0. The average molecular weight is 205 g/mol. The number of aliphatic hydroxyl groups excluding tert-OH is 1. The summed E-state index contributed by atoms with van der Waals surface area (Å²) in [5, 5.41) is 23.5. The van der Waals surface area contributed by atoms with Crippen molar-refractivity contribution in [2.24, 2.45) is 10.9 Å². The predicted molar refractivity (Wildman–Crippen MR) is 53.4 cm³/mol. The van der Waals surface area contributed by atoms with Gasteiger partial charge in [-0.3, -0.25) is 0 Å². The standard InChI is InChI=1S/C8H19N3O3/c1-6(8(9)11-13)10-4-3-7(12)5-14-2/h6-7,10,12-13H,3-5H2,1-2H3,(H2,9,11). The molecule has 0 aromatic heterocycles. The number of nitrogens with zero attached hydrogens (tertiary/aromatic N) is 1. The van der Waals surface area contributed by atoms with Crippen LogP contribution in [0.25, 0.3) is 0 Å². The van der Waals surface area contributed by atoms with Gasteiger partial charge in [0, 0.05) is 7.11 Å². The first-order valence-electron chi connectivity index (χ1n) is 4.49. The summed E-state index contributed by atoms with van der Waals surface area (Å²) >= 11 is 0. The van der Waals surface area contributed by atoms with Crippen molar-refractivity contribution in [2.45, 2.75) is 25.5 Å². The molecular formula is C8H19N3O3. The summed E-state index contributed by atoms with van der Waals surface area (Å²) in [6.45, 7) is 2.68. The maximum Gasteiger partial charge on any atom is 0.156 e.